The highest BCUT2D eigenvalue weighted by Gasteiger charge is 2.27. The number of carbonyl (C=O) groups is 1. The molecule has 0 atom stereocenters. The van der Waals surface area contributed by atoms with Crippen molar-refractivity contribution in [2.45, 2.75) is 18.2 Å². The van der Waals surface area contributed by atoms with E-state index < -0.39 is 15.9 Å². The first-order valence-corrected chi connectivity index (χ1v) is 13.6. The Morgan fingerprint density at radius 1 is 0.842 bits per heavy atom. The minimum atomic E-state index is -3.98. The fourth-order valence-corrected chi connectivity index (χ4v) is 5.45. The maximum absolute atomic E-state index is 13.7. The highest BCUT2D eigenvalue weighted by molar-refractivity contribution is 7.89. The summed E-state index contributed by atoms with van der Waals surface area (Å²) in [4.78, 5) is 13.3. The van der Waals surface area contributed by atoms with Crippen LogP contribution in [0.1, 0.15) is 11.1 Å². The number of rotatable bonds is 11. The lowest BCUT2D eigenvalue weighted by atomic mass is 10.1. The summed E-state index contributed by atoms with van der Waals surface area (Å²) >= 11 is 0. The summed E-state index contributed by atoms with van der Waals surface area (Å²) in [6, 6.07) is 30.5. The molecule has 1 amide bonds. The van der Waals surface area contributed by atoms with Crippen LogP contribution in [0.3, 0.4) is 0 Å². The number of hydrogen-bond donors (Lipinski definition) is 1. The first kappa shape index (κ1) is 26.9. The zero-order valence-electron chi connectivity index (χ0n) is 21.3. The van der Waals surface area contributed by atoms with Gasteiger partial charge in [0.25, 0.3) is 0 Å². The van der Waals surface area contributed by atoms with Gasteiger partial charge in [-0.1, -0.05) is 60.7 Å². The maximum atomic E-state index is 13.7. The van der Waals surface area contributed by atoms with Crippen LogP contribution < -0.4 is 14.8 Å². The number of carbonyl (C=O) groups excluding carboxylic acids is 1. The molecule has 1 N–H and O–H groups in total. The van der Waals surface area contributed by atoms with Gasteiger partial charge >= 0.3 is 0 Å². The highest BCUT2D eigenvalue weighted by Crippen LogP contribution is 2.29. The van der Waals surface area contributed by atoms with Gasteiger partial charge in [0.1, 0.15) is 11.5 Å². The second-order valence-corrected chi connectivity index (χ2v) is 10.6. The average Bonchev–Trinajstić information content (AvgIpc) is 2.93. The van der Waals surface area contributed by atoms with Crippen molar-refractivity contribution in [1.82, 2.24) is 4.31 Å². The summed E-state index contributed by atoms with van der Waals surface area (Å²) in [5.41, 5.74) is 2.11. The van der Waals surface area contributed by atoms with Crippen molar-refractivity contribution in [1.29, 1.82) is 0 Å². The molecule has 196 valence electrons. The monoisotopic (exact) mass is 530 g/mol. The molecular weight excluding hydrogens is 500 g/mol. The Balaban J connectivity index is 1.56. The Kier molecular flexibility index (Phi) is 8.78. The van der Waals surface area contributed by atoms with Crippen LogP contribution in [0.2, 0.25) is 0 Å². The minimum Gasteiger partial charge on any atom is -0.496 e. The molecule has 0 unspecified atom stereocenters. The van der Waals surface area contributed by atoms with Gasteiger partial charge in [0.05, 0.1) is 24.2 Å². The Hall–Kier alpha value is -4.14. The van der Waals surface area contributed by atoms with Crippen LogP contribution in [0.15, 0.2) is 108 Å². The molecule has 0 radical (unpaired) electrons. The van der Waals surface area contributed by atoms with E-state index in [0.717, 1.165) is 5.56 Å². The Labute approximate surface area is 223 Å². The van der Waals surface area contributed by atoms with Crippen molar-refractivity contribution in [2.24, 2.45) is 0 Å². The molecule has 0 spiro atoms. The number of amides is 1. The highest BCUT2D eigenvalue weighted by atomic mass is 32.2. The summed E-state index contributed by atoms with van der Waals surface area (Å²) in [7, 11) is -2.44. The van der Waals surface area contributed by atoms with E-state index in [4.69, 9.17) is 9.47 Å². The van der Waals surface area contributed by atoms with Crippen LogP contribution in [-0.4, -0.2) is 38.8 Å². The number of nitrogens with one attached hydrogen (secondary N) is 1. The SMILES string of the molecule is COc1ccc(S(=O)(=O)N(CCc2ccccc2)CC(=O)Nc2ccccc2Oc2ccccc2)cc1C. The summed E-state index contributed by atoms with van der Waals surface area (Å²) in [5.74, 6) is 1.19. The predicted octanol–water partition coefficient (Wildman–Crippen LogP) is 5.67. The molecule has 4 aromatic rings. The molecule has 8 heteroatoms. The van der Waals surface area contributed by atoms with E-state index >= 15 is 0 Å². The van der Waals surface area contributed by atoms with Crippen LogP contribution in [0.4, 0.5) is 5.69 Å². The van der Waals surface area contributed by atoms with Crippen LogP contribution >= 0.6 is 0 Å². The quantitative estimate of drug-likeness (QED) is 0.270. The molecular formula is C30H30N2O5S. The van der Waals surface area contributed by atoms with Crippen molar-refractivity contribution in [3.63, 3.8) is 0 Å². The number of sulfonamides is 1. The average molecular weight is 531 g/mol. The first-order chi connectivity index (χ1) is 18.4. The third-order valence-corrected chi connectivity index (χ3v) is 7.79. The van der Waals surface area contributed by atoms with Gasteiger partial charge in [0.15, 0.2) is 5.75 Å². The van der Waals surface area contributed by atoms with E-state index in [1.165, 1.54) is 17.5 Å². The van der Waals surface area contributed by atoms with Crippen molar-refractivity contribution < 1.29 is 22.7 Å². The third-order valence-electron chi connectivity index (χ3n) is 5.95. The van der Waals surface area contributed by atoms with Crippen LogP contribution in [0, 0.1) is 6.92 Å². The zero-order valence-corrected chi connectivity index (χ0v) is 22.1. The van der Waals surface area contributed by atoms with Gasteiger partial charge in [-0.2, -0.15) is 4.31 Å². The summed E-state index contributed by atoms with van der Waals surface area (Å²) in [6.45, 7) is 1.55. The third kappa shape index (κ3) is 6.79. The number of aryl methyl sites for hydroxylation is 1. The molecule has 7 nitrogen and oxygen atoms in total. The van der Waals surface area contributed by atoms with Gasteiger partial charge in [0, 0.05) is 6.54 Å². The van der Waals surface area contributed by atoms with Gasteiger partial charge in [-0.3, -0.25) is 4.79 Å². The standard InChI is InChI=1S/C30H30N2O5S/c1-23-21-26(17-18-28(23)36-2)38(34,35)32(20-19-24-11-5-3-6-12-24)22-30(33)31-27-15-9-10-16-29(27)37-25-13-7-4-8-14-25/h3-18,21H,19-20,22H2,1-2H3,(H,31,33). The Morgan fingerprint density at radius 3 is 2.18 bits per heavy atom. The van der Waals surface area contributed by atoms with Gasteiger partial charge in [-0.15, -0.1) is 0 Å². The molecule has 0 aliphatic rings. The topological polar surface area (TPSA) is 84.9 Å². The van der Waals surface area contributed by atoms with Gasteiger partial charge < -0.3 is 14.8 Å². The van der Waals surface area contributed by atoms with Gasteiger partial charge in [-0.25, -0.2) is 8.42 Å². The van der Waals surface area contributed by atoms with E-state index in [1.54, 1.807) is 43.3 Å². The molecule has 4 aromatic carbocycles. The summed E-state index contributed by atoms with van der Waals surface area (Å²) in [5, 5.41) is 2.82. The largest absolute Gasteiger partial charge is 0.496 e. The molecule has 38 heavy (non-hydrogen) atoms. The van der Waals surface area contributed by atoms with Crippen molar-refractivity contribution in [3.05, 3.63) is 114 Å². The molecule has 0 aromatic heterocycles. The zero-order chi connectivity index (χ0) is 27.0. The smallest absolute Gasteiger partial charge is 0.243 e. The number of methoxy groups -OCH3 is 1. The van der Waals surface area contributed by atoms with Gasteiger partial charge in [0.2, 0.25) is 15.9 Å². The number of anilines is 1. The van der Waals surface area contributed by atoms with Crippen LogP contribution in [0.25, 0.3) is 0 Å². The lowest BCUT2D eigenvalue weighted by Gasteiger charge is -2.23. The van der Waals surface area contributed by atoms with Gasteiger partial charge in [-0.05, 0) is 66.9 Å². The molecule has 0 bridgehead atoms. The summed E-state index contributed by atoms with van der Waals surface area (Å²) < 4.78 is 39.8. The van der Waals surface area contributed by atoms with E-state index in [1.807, 2.05) is 60.7 Å². The molecule has 0 aliphatic heterocycles. The second kappa shape index (κ2) is 12.4. The van der Waals surface area contributed by atoms with Crippen molar-refractivity contribution in [3.8, 4) is 17.2 Å². The summed E-state index contributed by atoms with van der Waals surface area (Å²) in [6.07, 6.45) is 0.455. The van der Waals surface area contributed by atoms with Crippen molar-refractivity contribution in [2.75, 3.05) is 25.5 Å². The first-order valence-electron chi connectivity index (χ1n) is 12.2. The lowest BCUT2D eigenvalue weighted by Crippen LogP contribution is -2.39. The maximum Gasteiger partial charge on any atom is 0.243 e. The van der Waals surface area contributed by atoms with E-state index in [-0.39, 0.29) is 18.0 Å². The predicted molar refractivity (Wildman–Crippen MR) is 148 cm³/mol. The molecule has 4 rings (SSSR count). The van der Waals surface area contributed by atoms with Crippen molar-refractivity contribution >= 4 is 21.6 Å². The number of hydrogen-bond acceptors (Lipinski definition) is 5. The number of ether oxygens (including phenoxy) is 2. The number of nitrogens with zero attached hydrogens (tertiary/aromatic N) is 1. The molecule has 0 saturated heterocycles. The lowest BCUT2D eigenvalue weighted by molar-refractivity contribution is -0.116. The van der Waals surface area contributed by atoms with E-state index in [0.29, 0.717) is 34.9 Å². The fourth-order valence-electron chi connectivity index (χ4n) is 3.97. The number of benzene rings is 4. The Bertz CT molecular complexity index is 1480. The van der Waals surface area contributed by atoms with Crippen LogP contribution in [-0.2, 0) is 21.2 Å². The van der Waals surface area contributed by atoms with Crippen LogP contribution in [0.5, 0.6) is 17.2 Å². The molecule has 0 fully saturated rings. The fraction of sp³-hybridized carbons (Fsp3) is 0.167. The molecule has 0 saturated carbocycles. The van der Waals surface area contributed by atoms with E-state index in [2.05, 4.69) is 5.32 Å². The number of para-hydroxylation sites is 3. The minimum absolute atomic E-state index is 0.101. The molecule has 0 aliphatic carbocycles. The molecule has 0 heterocycles. The second-order valence-electron chi connectivity index (χ2n) is 8.67. The normalized spacial score (nSPS) is 11.2. The van der Waals surface area contributed by atoms with E-state index in [9.17, 15) is 13.2 Å². The Morgan fingerprint density at radius 2 is 1.50 bits per heavy atom.